The first-order valence-corrected chi connectivity index (χ1v) is 3.52. The van der Waals surface area contributed by atoms with E-state index in [1.54, 1.807) is 0 Å². The number of halogens is 2. The molecule has 0 aliphatic rings. The quantitative estimate of drug-likeness (QED) is 0.714. The summed E-state index contributed by atoms with van der Waals surface area (Å²) in [4.78, 5) is 11.2. The number of methoxy groups -OCH3 is 1. The van der Waals surface area contributed by atoms with E-state index in [0.29, 0.717) is 0 Å². The summed E-state index contributed by atoms with van der Waals surface area (Å²) in [5.41, 5.74) is -0.328. The predicted molar refractivity (Wildman–Crippen MR) is 41.2 cm³/mol. The van der Waals surface area contributed by atoms with Crippen LogP contribution < -0.4 is 10.2 Å². The third kappa shape index (κ3) is 1.68. The second-order valence-corrected chi connectivity index (χ2v) is 2.45. The molecule has 0 saturated carbocycles. The molecule has 0 radical (unpaired) electrons. The molecule has 0 N–H and O–H groups in total. The van der Waals surface area contributed by atoms with Crippen LogP contribution in [0.25, 0.3) is 0 Å². The third-order valence-electron chi connectivity index (χ3n) is 1.55. The van der Waals surface area contributed by atoms with Crippen molar-refractivity contribution in [1.29, 1.82) is 0 Å². The van der Waals surface area contributed by atoms with Crippen LogP contribution in [0.3, 0.4) is 0 Å². The highest BCUT2D eigenvalue weighted by molar-refractivity contribution is 5.29. The molecule has 0 amide bonds. The monoisotopic (exact) mass is 190 g/mol. The van der Waals surface area contributed by atoms with Crippen LogP contribution in [0.15, 0.2) is 15.5 Å². The number of hydrogen-bond acceptors (Lipinski definition) is 3. The molecule has 0 aliphatic carbocycles. The third-order valence-corrected chi connectivity index (χ3v) is 1.55. The highest BCUT2D eigenvalue weighted by Crippen LogP contribution is 2.25. The summed E-state index contributed by atoms with van der Waals surface area (Å²) in [6.07, 6.45) is -1.85. The normalized spacial score (nSPS) is 10.5. The van der Waals surface area contributed by atoms with Gasteiger partial charge in [0, 0.05) is 5.56 Å². The van der Waals surface area contributed by atoms with Gasteiger partial charge in [0.25, 0.3) is 6.43 Å². The van der Waals surface area contributed by atoms with Crippen LogP contribution in [0, 0.1) is 6.92 Å². The summed E-state index contributed by atoms with van der Waals surface area (Å²) in [6.45, 7) is 1.46. The van der Waals surface area contributed by atoms with Gasteiger partial charge < -0.3 is 9.15 Å². The Balaban J connectivity index is 3.39. The number of alkyl halides is 2. The second kappa shape index (κ2) is 3.55. The highest BCUT2D eigenvalue weighted by atomic mass is 19.3. The minimum atomic E-state index is -2.84. The maximum absolute atomic E-state index is 12.2. The van der Waals surface area contributed by atoms with Gasteiger partial charge in [-0.15, -0.1) is 0 Å². The van der Waals surface area contributed by atoms with E-state index in [4.69, 9.17) is 0 Å². The Morgan fingerprint density at radius 1 is 1.54 bits per heavy atom. The molecule has 0 saturated heterocycles. The SMILES string of the molecule is COc1c(C(F)F)occ(C)c1=O. The van der Waals surface area contributed by atoms with E-state index in [9.17, 15) is 13.6 Å². The fourth-order valence-corrected chi connectivity index (χ4v) is 0.894. The second-order valence-electron chi connectivity index (χ2n) is 2.45. The molecule has 3 nitrogen and oxygen atoms in total. The van der Waals surface area contributed by atoms with Crippen LogP contribution in [0.2, 0.25) is 0 Å². The average molecular weight is 190 g/mol. The lowest BCUT2D eigenvalue weighted by molar-refractivity contribution is 0.113. The van der Waals surface area contributed by atoms with Gasteiger partial charge in [-0.3, -0.25) is 4.79 Å². The first-order valence-electron chi connectivity index (χ1n) is 3.52. The van der Waals surface area contributed by atoms with Gasteiger partial charge in [-0.2, -0.15) is 0 Å². The van der Waals surface area contributed by atoms with E-state index >= 15 is 0 Å². The zero-order chi connectivity index (χ0) is 10.0. The summed E-state index contributed by atoms with van der Waals surface area (Å²) in [6, 6.07) is 0. The van der Waals surface area contributed by atoms with Crippen molar-refractivity contribution in [2.24, 2.45) is 0 Å². The van der Waals surface area contributed by atoms with Gasteiger partial charge in [0.15, 0.2) is 0 Å². The summed E-state index contributed by atoms with van der Waals surface area (Å²) in [5.74, 6) is -1.15. The summed E-state index contributed by atoms with van der Waals surface area (Å²) in [7, 11) is 1.15. The Bertz CT molecular complexity index is 357. The fourth-order valence-electron chi connectivity index (χ4n) is 0.894. The molecule has 1 aromatic heterocycles. The number of aryl methyl sites for hydroxylation is 1. The van der Waals surface area contributed by atoms with E-state index in [1.165, 1.54) is 6.92 Å². The Morgan fingerprint density at radius 2 is 2.15 bits per heavy atom. The van der Waals surface area contributed by atoms with E-state index in [1.807, 2.05) is 0 Å². The molecule has 0 atom stereocenters. The molecule has 1 aromatic rings. The van der Waals surface area contributed by atoms with Crippen LogP contribution in [0.4, 0.5) is 8.78 Å². The van der Waals surface area contributed by atoms with Crippen molar-refractivity contribution >= 4 is 0 Å². The lowest BCUT2D eigenvalue weighted by Gasteiger charge is -2.05. The molecule has 0 spiro atoms. The molecule has 0 fully saturated rings. The molecule has 0 aliphatic heterocycles. The van der Waals surface area contributed by atoms with E-state index < -0.39 is 23.4 Å². The van der Waals surface area contributed by atoms with Gasteiger partial charge in [0.2, 0.25) is 16.9 Å². The fraction of sp³-hybridized carbons (Fsp3) is 0.375. The van der Waals surface area contributed by atoms with Crippen molar-refractivity contribution in [3.63, 3.8) is 0 Å². The summed E-state index contributed by atoms with van der Waals surface area (Å²) in [5, 5.41) is 0. The zero-order valence-electron chi connectivity index (χ0n) is 7.14. The maximum atomic E-state index is 12.2. The van der Waals surface area contributed by atoms with Crippen LogP contribution >= 0.6 is 0 Å². The first kappa shape index (κ1) is 9.70. The Morgan fingerprint density at radius 3 is 2.62 bits per heavy atom. The highest BCUT2D eigenvalue weighted by Gasteiger charge is 2.20. The minimum Gasteiger partial charge on any atom is -0.490 e. The van der Waals surface area contributed by atoms with E-state index in [0.717, 1.165) is 13.4 Å². The first-order chi connectivity index (χ1) is 6.07. The number of rotatable bonds is 2. The molecule has 13 heavy (non-hydrogen) atoms. The van der Waals surface area contributed by atoms with Crippen LogP contribution in [0.1, 0.15) is 17.7 Å². The van der Waals surface area contributed by atoms with Crippen molar-refractivity contribution < 1.29 is 17.9 Å². The Kier molecular flexibility index (Phi) is 2.65. The zero-order valence-corrected chi connectivity index (χ0v) is 7.14. The molecule has 5 heteroatoms. The van der Waals surface area contributed by atoms with Crippen LogP contribution in [0.5, 0.6) is 5.75 Å². The summed E-state index contributed by atoms with van der Waals surface area (Å²) >= 11 is 0. The maximum Gasteiger partial charge on any atom is 0.299 e. The molecular formula is C8H8F2O3. The van der Waals surface area contributed by atoms with Crippen molar-refractivity contribution in [3.05, 3.63) is 27.8 Å². The topological polar surface area (TPSA) is 39.4 Å². The number of ether oxygens (including phenoxy) is 1. The van der Waals surface area contributed by atoms with Crippen molar-refractivity contribution in [2.45, 2.75) is 13.3 Å². The molecule has 72 valence electrons. The summed E-state index contributed by atoms with van der Waals surface area (Å²) < 4.78 is 33.5. The van der Waals surface area contributed by atoms with Crippen molar-refractivity contribution in [2.75, 3.05) is 7.11 Å². The number of hydrogen-bond donors (Lipinski definition) is 0. The van der Waals surface area contributed by atoms with Gasteiger partial charge in [-0.05, 0) is 6.92 Å². The molecule has 0 aromatic carbocycles. The molecular weight excluding hydrogens is 182 g/mol. The average Bonchev–Trinajstić information content (AvgIpc) is 2.09. The molecule has 1 rings (SSSR count). The van der Waals surface area contributed by atoms with Gasteiger partial charge in [-0.25, -0.2) is 8.78 Å². The lowest BCUT2D eigenvalue weighted by atomic mass is 10.2. The van der Waals surface area contributed by atoms with Gasteiger partial charge in [0.05, 0.1) is 13.4 Å². The lowest BCUT2D eigenvalue weighted by Crippen LogP contribution is -2.11. The van der Waals surface area contributed by atoms with Gasteiger partial charge in [-0.1, -0.05) is 0 Å². The predicted octanol–water partition coefficient (Wildman–Crippen LogP) is 1.89. The van der Waals surface area contributed by atoms with Crippen molar-refractivity contribution in [1.82, 2.24) is 0 Å². The largest absolute Gasteiger partial charge is 0.490 e. The van der Waals surface area contributed by atoms with Gasteiger partial charge >= 0.3 is 0 Å². The molecule has 1 heterocycles. The standard InChI is InChI=1S/C8H8F2O3/c1-4-3-13-7(8(9)10)6(12-2)5(4)11/h3,8H,1-2H3. The van der Waals surface area contributed by atoms with Crippen molar-refractivity contribution in [3.8, 4) is 5.75 Å². The molecule has 0 bridgehead atoms. The van der Waals surface area contributed by atoms with Crippen LogP contribution in [-0.4, -0.2) is 7.11 Å². The van der Waals surface area contributed by atoms with Crippen LogP contribution in [-0.2, 0) is 0 Å². The van der Waals surface area contributed by atoms with E-state index in [-0.39, 0.29) is 5.56 Å². The molecule has 0 unspecified atom stereocenters. The van der Waals surface area contributed by atoms with Gasteiger partial charge in [0.1, 0.15) is 0 Å². The Labute approximate surface area is 72.9 Å². The smallest absolute Gasteiger partial charge is 0.299 e. The Hall–Kier alpha value is -1.39. The van der Waals surface area contributed by atoms with E-state index in [2.05, 4.69) is 9.15 Å². The minimum absolute atomic E-state index is 0.237.